The highest BCUT2D eigenvalue weighted by molar-refractivity contribution is 6.43. The van der Waals surface area contributed by atoms with Crippen LogP contribution in [0.5, 0.6) is 5.75 Å². The van der Waals surface area contributed by atoms with Gasteiger partial charge in [-0.2, -0.15) is 0 Å². The number of aromatic hydroxyl groups is 1. The number of carbonyl (C=O) groups is 1. The molecule has 2 N–H and O–H groups in total. The van der Waals surface area contributed by atoms with Gasteiger partial charge < -0.3 is 10.2 Å². The van der Waals surface area contributed by atoms with Crippen LogP contribution in [0, 0.1) is 0 Å². The van der Waals surface area contributed by atoms with E-state index in [1.807, 2.05) is 30.3 Å². The van der Waals surface area contributed by atoms with E-state index in [9.17, 15) is 9.90 Å². The van der Waals surface area contributed by atoms with Crippen LogP contribution >= 0.6 is 23.2 Å². The lowest BCUT2D eigenvalue weighted by molar-refractivity contribution is -0.137. The van der Waals surface area contributed by atoms with Gasteiger partial charge in [0.05, 0.1) is 11.4 Å². The van der Waals surface area contributed by atoms with Crippen LogP contribution in [0.4, 0.5) is 0 Å². The maximum Gasteiger partial charge on any atom is 0.304 e. The summed E-state index contributed by atoms with van der Waals surface area (Å²) in [5.74, 6) is -1.47. The van der Waals surface area contributed by atoms with Crippen LogP contribution in [0.1, 0.15) is 23.5 Å². The Labute approximate surface area is 126 Å². The summed E-state index contributed by atoms with van der Waals surface area (Å²) in [5.41, 5.74) is 1.42. The van der Waals surface area contributed by atoms with Crippen molar-refractivity contribution in [2.45, 2.75) is 12.3 Å². The fraction of sp³-hybridized carbons (Fsp3) is 0.133. The minimum Gasteiger partial charge on any atom is -0.506 e. The molecule has 2 aromatic carbocycles. The molecule has 0 heterocycles. The number of phenols is 1. The maximum absolute atomic E-state index is 11.1. The van der Waals surface area contributed by atoms with Gasteiger partial charge in [0.2, 0.25) is 0 Å². The summed E-state index contributed by atoms with van der Waals surface area (Å²) in [7, 11) is 0. The molecule has 2 rings (SSSR count). The van der Waals surface area contributed by atoms with E-state index in [2.05, 4.69) is 0 Å². The average Bonchev–Trinajstić information content (AvgIpc) is 2.44. The summed E-state index contributed by atoms with van der Waals surface area (Å²) in [6.07, 6.45) is -0.106. The molecule has 0 fully saturated rings. The second-order valence-corrected chi connectivity index (χ2v) is 5.12. The Morgan fingerprint density at radius 1 is 1.05 bits per heavy atom. The molecule has 0 saturated carbocycles. The smallest absolute Gasteiger partial charge is 0.304 e. The SMILES string of the molecule is O=C(O)CC(c1ccccc1)c1ccc(O)c(Cl)c1Cl. The van der Waals surface area contributed by atoms with Crippen LogP contribution in [-0.2, 0) is 4.79 Å². The quantitative estimate of drug-likeness (QED) is 0.885. The van der Waals surface area contributed by atoms with Crippen molar-refractivity contribution < 1.29 is 15.0 Å². The number of hydrogen-bond donors (Lipinski definition) is 2. The summed E-state index contributed by atoms with van der Waals surface area (Å²) in [6, 6.07) is 12.2. The Morgan fingerprint density at radius 2 is 1.70 bits per heavy atom. The van der Waals surface area contributed by atoms with Gasteiger partial charge in [-0.05, 0) is 17.2 Å². The van der Waals surface area contributed by atoms with Gasteiger partial charge in [-0.3, -0.25) is 4.79 Å². The monoisotopic (exact) mass is 310 g/mol. The van der Waals surface area contributed by atoms with Gasteiger partial charge in [0.25, 0.3) is 0 Å². The predicted octanol–water partition coefficient (Wildman–Crippen LogP) is 4.31. The molecule has 104 valence electrons. The highest BCUT2D eigenvalue weighted by atomic mass is 35.5. The number of carboxylic acids is 1. The van der Waals surface area contributed by atoms with Gasteiger partial charge in [0.15, 0.2) is 0 Å². The van der Waals surface area contributed by atoms with Gasteiger partial charge in [-0.25, -0.2) is 0 Å². The summed E-state index contributed by atoms with van der Waals surface area (Å²) >= 11 is 12.1. The molecule has 20 heavy (non-hydrogen) atoms. The van der Waals surface area contributed by atoms with Crippen LogP contribution in [-0.4, -0.2) is 16.2 Å². The van der Waals surface area contributed by atoms with Crippen molar-refractivity contribution in [1.82, 2.24) is 0 Å². The zero-order valence-electron chi connectivity index (χ0n) is 10.4. The highest BCUT2D eigenvalue weighted by Crippen LogP contribution is 2.40. The van der Waals surface area contributed by atoms with Gasteiger partial charge in [0.1, 0.15) is 10.8 Å². The lowest BCUT2D eigenvalue weighted by atomic mass is 9.88. The van der Waals surface area contributed by atoms with Crippen molar-refractivity contribution in [3.05, 3.63) is 63.6 Å². The van der Waals surface area contributed by atoms with Crippen molar-refractivity contribution in [3.8, 4) is 5.75 Å². The summed E-state index contributed by atoms with van der Waals surface area (Å²) in [6.45, 7) is 0. The minimum atomic E-state index is -0.931. The molecule has 5 heteroatoms. The third kappa shape index (κ3) is 3.06. The maximum atomic E-state index is 11.1. The number of halogens is 2. The Kier molecular flexibility index (Phi) is 4.53. The topological polar surface area (TPSA) is 57.5 Å². The molecular formula is C15H12Cl2O3. The Balaban J connectivity index is 2.53. The summed E-state index contributed by atoms with van der Waals surface area (Å²) in [5, 5.41) is 18.8. The van der Waals surface area contributed by atoms with Crippen molar-refractivity contribution in [3.63, 3.8) is 0 Å². The fourth-order valence-corrected chi connectivity index (χ4v) is 2.55. The highest BCUT2D eigenvalue weighted by Gasteiger charge is 2.22. The van der Waals surface area contributed by atoms with Gasteiger partial charge >= 0.3 is 5.97 Å². The second-order valence-electron chi connectivity index (χ2n) is 4.36. The van der Waals surface area contributed by atoms with Crippen LogP contribution in [0.25, 0.3) is 0 Å². The average molecular weight is 311 g/mol. The van der Waals surface area contributed by atoms with E-state index in [4.69, 9.17) is 28.3 Å². The number of benzene rings is 2. The molecule has 3 nitrogen and oxygen atoms in total. The predicted molar refractivity (Wildman–Crippen MR) is 78.7 cm³/mol. The third-order valence-corrected chi connectivity index (χ3v) is 3.93. The Hall–Kier alpha value is -1.71. The molecule has 0 amide bonds. The zero-order valence-corrected chi connectivity index (χ0v) is 11.9. The van der Waals surface area contributed by atoms with Gasteiger partial charge in [-0.15, -0.1) is 0 Å². The van der Waals surface area contributed by atoms with Gasteiger partial charge in [0, 0.05) is 5.92 Å². The lowest BCUT2D eigenvalue weighted by Crippen LogP contribution is -2.08. The Morgan fingerprint density at radius 3 is 2.30 bits per heavy atom. The molecule has 0 bridgehead atoms. The number of rotatable bonds is 4. The van der Waals surface area contributed by atoms with Crippen LogP contribution in [0.3, 0.4) is 0 Å². The van der Waals surface area contributed by atoms with Crippen molar-refractivity contribution in [2.75, 3.05) is 0 Å². The number of aliphatic carboxylic acids is 1. The zero-order chi connectivity index (χ0) is 14.7. The molecule has 0 aliphatic carbocycles. The van der Waals surface area contributed by atoms with Crippen LogP contribution < -0.4 is 0 Å². The molecule has 0 spiro atoms. The standard InChI is InChI=1S/C15H12Cl2O3/c16-14-10(6-7-12(18)15(14)17)11(8-13(19)20)9-4-2-1-3-5-9/h1-7,11,18H,8H2,(H,19,20). The van der Waals surface area contributed by atoms with Crippen molar-refractivity contribution >= 4 is 29.2 Å². The largest absolute Gasteiger partial charge is 0.506 e. The molecule has 0 aliphatic heterocycles. The van der Waals surface area contributed by atoms with E-state index in [0.717, 1.165) is 5.56 Å². The van der Waals surface area contributed by atoms with Gasteiger partial charge in [-0.1, -0.05) is 59.6 Å². The normalized spacial score (nSPS) is 12.1. The molecular weight excluding hydrogens is 299 g/mol. The first-order valence-electron chi connectivity index (χ1n) is 5.94. The molecule has 0 aromatic heterocycles. The first kappa shape index (κ1) is 14.7. The number of phenolic OH excluding ortho intramolecular Hbond substituents is 1. The van der Waals surface area contributed by atoms with E-state index in [1.54, 1.807) is 6.07 Å². The van der Waals surface area contributed by atoms with E-state index in [0.29, 0.717) is 5.56 Å². The Bertz CT molecular complexity index is 627. The van der Waals surface area contributed by atoms with Crippen LogP contribution in [0.15, 0.2) is 42.5 Å². The number of hydrogen-bond acceptors (Lipinski definition) is 2. The summed E-state index contributed by atoms with van der Waals surface area (Å²) < 4.78 is 0. The third-order valence-electron chi connectivity index (χ3n) is 3.05. The van der Waals surface area contributed by atoms with E-state index in [-0.39, 0.29) is 22.2 Å². The lowest BCUT2D eigenvalue weighted by Gasteiger charge is -2.18. The first-order valence-corrected chi connectivity index (χ1v) is 6.70. The van der Waals surface area contributed by atoms with E-state index < -0.39 is 11.9 Å². The first-order chi connectivity index (χ1) is 9.50. The molecule has 0 radical (unpaired) electrons. The van der Waals surface area contributed by atoms with Crippen LogP contribution in [0.2, 0.25) is 10.0 Å². The van der Waals surface area contributed by atoms with Crippen molar-refractivity contribution in [2.24, 2.45) is 0 Å². The van der Waals surface area contributed by atoms with E-state index >= 15 is 0 Å². The second kappa shape index (κ2) is 6.16. The summed E-state index contributed by atoms with van der Waals surface area (Å²) in [4.78, 5) is 11.1. The molecule has 0 saturated heterocycles. The molecule has 1 unspecified atom stereocenters. The molecule has 1 atom stereocenters. The molecule has 2 aromatic rings. The molecule has 0 aliphatic rings. The number of carboxylic acid groups (broad SMARTS) is 1. The van der Waals surface area contributed by atoms with Crippen molar-refractivity contribution in [1.29, 1.82) is 0 Å². The van der Waals surface area contributed by atoms with E-state index in [1.165, 1.54) is 6.07 Å². The minimum absolute atomic E-state index is 0.0375. The fourth-order valence-electron chi connectivity index (χ4n) is 2.09.